The van der Waals surface area contributed by atoms with E-state index in [4.69, 9.17) is 10.8 Å². The van der Waals surface area contributed by atoms with E-state index in [1.807, 2.05) is 24.3 Å². The molecule has 0 atom stereocenters. The number of hydrogen-bond donors (Lipinski definition) is 2. The normalized spacial score (nSPS) is 10.6. The van der Waals surface area contributed by atoms with Gasteiger partial charge in [-0.1, -0.05) is 30.3 Å². The maximum absolute atomic E-state index is 10.2. The average Bonchev–Trinajstić information content (AvgIpc) is 2.18. The van der Waals surface area contributed by atoms with Gasteiger partial charge < -0.3 is 10.8 Å². The topological polar surface area (TPSA) is 63.3 Å². The minimum Gasteiger partial charge on any atom is -0.478 e. The molecule has 0 saturated heterocycles. The molecule has 0 spiro atoms. The summed E-state index contributed by atoms with van der Waals surface area (Å²) in [5.41, 5.74) is 7.61. The lowest BCUT2D eigenvalue weighted by atomic mass is 10.1. The molecular weight excluding hydrogens is 178 g/mol. The molecule has 0 aliphatic rings. The Labute approximate surface area is 82.9 Å². The molecule has 0 aromatic heterocycles. The third kappa shape index (κ3) is 3.41. The fourth-order valence-electron chi connectivity index (χ4n) is 1.11. The number of aliphatic carboxylic acids is 1. The maximum Gasteiger partial charge on any atom is 0.327 e. The van der Waals surface area contributed by atoms with Crippen LogP contribution < -0.4 is 5.73 Å². The number of rotatable bonds is 4. The van der Waals surface area contributed by atoms with Crippen molar-refractivity contribution >= 4 is 5.97 Å². The summed E-state index contributed by atoms with van der Waals surface area (Å²) >= 11 is 0. The Balaban J connectivity index is 2.56. The molecule has 0 unspecified atom stereocenters. The second-order valence-electron chi connectivity index (χ2n) is 2.97. The summed E-state index contributed by atoms with van der Waals surface area (Å²) in [5.74, 6) is -0.913. The van der Waals surface area contributed by atoms with Crippen LogP contribution in [-0.2, 0) is 17.8 Å². The predicted molar refractivity (Wildman–Crippen MR) is 54.8 cm³/mol. The predicted octanol–water partition coefficient (Wildman–Crippen LogP) is 1.33. The highest BCUT2D eigenvalue weighted by molar-refractivity contribution is 5.79. The van der Waals surface area contributed by atoms with Crippen molar-refractivity contribution in [2.45, 2.75) is 13.0 Å². The highest BCUT2D eigenvalue weighted by Crippen LogP contribution is 2.04. The van der Waals surface area contributed by atoms with Crippen molar-refractivity contribution in [2.24, 2.45) is 5.73 Å². The molecule has 3 heteroatoms. The van der Waals surface area contributed by atoms with Crippen LogP contribution in [0.15, 0.2) is 36.4 Å². The first-order valence-corrected chi connectivity index (χ1v) is 4.39. The van der Waals surface area contributed by atoms with Gasteiger partial charge in [0.15, 0.2) is 0 Å². The van der Waals surface area contributed by atoms with Crippen LogP contribution >= 0.6 is 0 Å². The molecule has 0 heterocycles. The Hall–Kier alpha value is -1.61. The van der Waals surface area contributed by atoms with Crippen molar-refractivity contribution in [1.82, 2.24) is 0 Å². The Kier molecular flexibility index (Phi) is 3.88. The van der Waals surface area contributed by atoms with E-state index in [0.29, 0.717) is 13.0 Å². The first kappa shape index (κ1) is 10.5. The molecule has 0 saturated carbocycles. The van der Waals surface area contributed by atoms with Gasteiger partial charge in [-0.05, 0) is 17.5 Å². The van der Waals surface area contributed by atoms with Gasteiger partial charge >= 0.3 is 5.97 Å². The fraction of sp³-hybridized carbons (Fsp3) is 0.182. The van der Waals surface area contributed by atoms with E-state index in [1.165, 1.54) is 0 Å². The van der Waals surface area contributed by atoms with Crippen molar-refractivity contribution in [3.63, 3.8) is 0 Å². The third-order valence-electron chi connectivity index (χ3n) is 1.87. The summed E-state index contributed by atoms with van der Waals surface area (Å²) in [4.78, 5) is 10.2. The number of carboxylic acids is 1. The summed E-state index contributed by atoms with van der Waals surface area (Å²) in [7, 11) is 0. The summed E-state index contributed by atoms with van der Waals surface area (Å²) in [5, 5.41) is 8.37. The summed E-state index contributed by atoms with van der Waals surface area (Å²) in [6.45, 7) is 0.533. The molecule has 1 rings (SSSR count). The first-order chi connectivity index (χ1) is 6.72. The van der Waals surface area contributed by atoms with Gasteiger partial charge in [0, 0.05) is 12.6 Å². The average molecular weight is 191 g/mol. The monoisotopic (exact) mass is 191 g/mol. The minimum absolute atomic E-state index is 0.533. The second-order valence-corrected chi connectivity index (χ2v) is 2.97. The molecule has 0 fully saturated rings. The third-order valence-corrected chi connectivity index (χ3v) is 1.87. The number of nitrogens with two attached hydrogens (primary N) is 1. The molecule has 0 aliphatic carbocycles. The van der Waals surface area contributed by atoms with E-state index in [0.717, 1.165) is 17.2 Å². The standard InChI is InChI=1S/C11H13NO2/c12-8-10-6-4-9(5-7-10)2-1-3-11(13)14/h1,3-7H,2,8,12H2,(H,13,14). The van der Waals surface area contributed by atoms with E-state index in [9.17, 15) is 4.79 Å². The summed E-state index contributed by atoms with van der Waals surface area (Å²) < 4.78 is 0. The molecular formula is C11H13NO2. The fourth-order valence-corrected chi connectivity index (χ4v) is 1.11. The number of allylic oxidation sites excluding steroid dienone is 1. The second kappa shape index (κ2) is 5.19. The Bertz CT molecular complexity index is 328. The molecule has 0 bridgehead atoms. The summed E-state index contributed by atoms with van der Waals surface area (Å²) in [6, 6.07) is 7.80. The van der Waals surface area contributed by atoms with Crippen molar-refractivity contribution in [1.29, 1.82) is 0 Å². The molecule has 3 nitrogen and oxygen atoms in total. The largest absolute Gasteiger partial charge is 0.478 e. The minimum atomic E-state index is -0.913. The zero-order chi connectivity index (χ0) is 10.4. The zero-order valence-corrected chi connectivity index (χ0v) is 7.81. The van der Waals surface area contributed by atoms with Gasteiger partial charge in [-0.3, -0.25) is 0 Å². The zero-order valence-electron chi connectivity index (χ0n) is 7.81. The number of benzene rings is 1. The number of carboxylic acid groups (broad SMARTS) is 1. The van der Waals surface area contributed by atoms with Gasteiger partial charge in [0.1, 0.15) is 0 Å². The van der Waals surface area contributed by atoms with Crippen molar-refractivity contribution in [2.75, 3.05) is 0 Å². The van der Waals surface area contributed by atoms with Gasteiger partial charge in [-0.15, -0.1) is 0 Å². The van der Waals surface area contributed by atoms with E-state index < -0.39 is 5.97 Å². The molecule has 0 aliphatic heterocycles. The molecule has 1 aromatic rings. The molecule has 74 valence electrons. The van der Waals surface area contributed by atoms with Gasteiger partial charge in [0.05, 0.1) is 0 Å². The van der Waals surface area contributed by atoms with Gasteiger partial charge in [0.2, 0.25) is 0 Å². The van der Waals surface area contributed by atoms with Crippen molar-refractivity contribution in [3.8, 4) is 0 Å². The Morgan fingerprint density at radius 1 is 1.29 bits per heavy atom. The maximum atomic E-state index is 10.2. The van der Waals surface area contributed by atoms with E-state index >= 15 is 0 Å². The van der Waals surface area contributed by atoms with Crippen LogP contribution in [0.4, 0.5) is 0 Å². The van der Waals surface area contributed by atoms with E-state index in [2.05, 4.69) is 0 Å². The lowest BCUT2D eigenvalue weighted by Gasteiger charge is -1.98. The van der Waals surface area contributed by atoms with Crippen molar-refractivity contribution < 1.29 is 9.90 Å². The number of carbonyl (C=O) groups is 1. The van der Waals surface area contributed by atoms with Crippen LogP contribution in [0.3, 0.4) is 0 Å². The van der Waals surface area contributed by atoms with E-state index in [1.54, 1.807) is 6.08 Å². The van der Waals surface area contributed by atoms with Crippen LogP contribution in [-0.4, -0.2) is 11.1 Å². The lowest BCUT2D eigenvalue weighted by Crippen LogP contribution is -1.95. The molecule has 14 heavy (non-hydrogen) atoms. The summed E-state index contributed by atoms with van der Waals surface area (Å²) in [6.07, 6.45) is 3.41. The van der Waals surface area contributed by atoms with Crippen LogP contribution in [0.2, 0.25) is 0 Å². The van der Waals surface area contributed by atoms with Crippen molar-refractivity contribution in [3.05, 3.63) is 47.5 Å². The van der Waals surface area contributed by atoms with Crippen LogP contribution in [0.25, 0.3) is 0 Å². The molecule has 0 amide bonds. The van der Waals surface area contributed by atoms with Gasteiger partial charge in [0.25, 0.3) is 0 Å². The highest BCUT2D eigenvalue weighted by atomic mass is 16.4. The van der Waals surface area contributed by atoms with Crippen LogP contribution in [0.5, 0.6) is 0 Å². The Morgan fingerprint density at radius 2 is 1.86 bits per heavy atom. The van der Waals surface area contributed by atoms with Gasteiger partial charge in [-0.25, -0.2) is 4.79 Å². The van der Waals surface area contributed by atoms with Gasteiger partial charge in [-0.2, -0.15) is 0 Å². The lowest BCUT2D eigenvalue weighted by molar-refractivity contribution is -0.131. The number of hydrogen-bond acceptors (Lipinski definition) is 2. The molecule has 3 N–H and O–H groups in total. The van der Waals surface area contributed by atoms with Crippen LogP contribution in [0, 0.1) is 0 Å². The first-order valence-electron chi connectivity index (χ1n) is 4.39. The molecule has 0 radical (unpaired) electrons. The quantitative estimate of drug-likeness (QED) is 0.706. The molecule has 1 aromatic carbocycles. The smallest absolute Gasteiger partial charge is 0.327 e. The van der Waals surface area contributed by atoms with Crippen LogP contribution in [0.1, 0.15) is 11.1 Å². The SMILES string of the molecule is NCc1ccc(CC=CC(=O)O)cc1. The Morgan fingerprint density at radius 3 is 2.36 bits per heavy atom. The van der Waals surface area contributed by atoms with E-state index in [-0.39, 0.29) is 0 Å². The highest BCUT2D eigenvalue weighted by Gasteiger charge is 1.91.